The van der Waals surface area contributed by atoms with Crippen LogP contribution in [0.1, 0.15) is 37.8 Å². The van der Waals surface area contributed by atoms with Crippen LogP contribution in [0.5, 0.6) is 0 Å². The van der Waals surface area contributed by atoms with Gasteiger partial charge in [-0.2, -0.15) is 0 Å². The molecule has 106 valence electrons. The molecular formula is C17H23N3. The lowest BCUT2D eigenvalue weighted by Crippen LogP contribution is -2.03. The van der Waals surface area contributed by atoms with Gasteiger partial charge in [-0.05, 0) is 18.4 Å². The number of nitrogens with one attached hydrogen (secondary N) is 1. The quantitative estimate of drug-likeness (QED) is 0.858. The van der Waals surface area contributed by atoms with Gasteiger partial charge in [0.25, 0.3) is 0 Å². The van der Waals surface area contributed by atoms with Crippen LogP contribution in [-0.4, -0.2) is 17.0 Å². The average molecular weight is 269 g/mol. The number of anilines is 1. The molecule has 0 spiro atoms. The Morgan fingerprint density at radius 1 is 0.950 bits per heavy atom. The van der Waals surface area contributed by atoms with Crippen LogP contribution in [0.15, 0.2) is 30.6 Å². The number of rotatable bonds is 6. The van der Waals surface area contributed by atoms with Crippen molar-refractivity contribution >= 4 is 5.82 Å². The minimum Gasteiger partial charge on any atom is -0.373 e. The van der Waals surface area contributed by atoms with Gasteiger partial charge < -0.3 is 5.32 Å². The lowest BCUT2D eigenvalue weighted by molar-refractivity contribution is 0.905. The van der Waals surface area contributed by atoms with Crippen molar-refractivity contribution in [2.24, 2.45) is 0 Å². The summed E-state index contributed by atoms with van der Waals surface area (Å²) in [5, 5.41) is 3.17. The fourth-order valence-corrected chi connectivity index (χ4v) is 2.48. The summed E-state index contributed by atoms with van der Waals surface area (Å²) in [6.45, 7) is 4.39. The van der Waals surface area contributed by atoms with Gasteiger partial charge in [0, 0.05) is 18.2 Å². The standard InChI is InChI=1S/C17H23N3/c1-4-6-13-8-10-14(11-9-13)16-15(7-5-2)17(18-3)20-12-19-16/h8-12H,4-7H2,1-3H3,(H,18,19,20). The molecule has 0 aliphatic rings. The van der Waals surface area contributed by atoms with E-state index in [1.807, 2.05) is 7.05 Å². The highest BCUT2D eigenvalue weighted by Crippen LogP contribution is 2.27. The Morgan fingerprint density at radius 2 is 1.65 bits per heavy atom. The first-order valence-electron chi connectivity index (χ1n) is 7.41. The molecule has 0 aliphatic heterocycles. The van der Waals surface area contributed by atoms with Crippen LogP contribution in [0.2, 0.25) is 0 Å². The first-order valence-corrected chi connectivity index (χ1v) is 7.41. The lowest BCUT2D eigenvalue weighted by Gasteiger charge is -2.12. The Bertz CT molecular complexity index is 547. The van der Waals surface area contributed by atoms with E-state index in [1.54, 1.807) is 6.33 Å². The summed E-state index contributed by atoms with van der Waals surface area (Å²) in [7, 11) is 1.91. The van der Waals surface area contributed by atoms with Gasteiger partial charge in [0.2, 0.25) is 0 Å². The third-order valence-corrected chi connectivity index (χ3v) is 3.45. The van der Waals surface area contributed by atoms with Gasteiger partial charge in [0.1, 0.15) is 12.1 Å². The van der Waals surface area contributed by atoms with Gasteiger partial charge in [-0.25, -0.2) is 9.97 Å². The van der Waals surface area contributed by atoms with Crippen LogP contribution in [0, 0.1) is 0 Å². The Hall–Kier alpha value is -1.90. The zero-order chi connectivity index (χ0) is 14.4. The van der Waals surface area contributed by atoms with Gasteiger partial charge in [-0.1, -0.05) is 51.0 Å². The summed E-state index contributed by atoms with van der Waals surface area (Å²) in [4.78, 5) is 8.83. The topological polar surface area (TPSA) is 37.8 Å². The second kappa shape index (κ2) is 7.04. The molecule has 0 atom stereocenters. The molecule has 1 heterocycles. The smallest absolute Gasteiger partial charge is 0.132 e. The molecule has 0 bridgehead atoms. The van der Waals surface area contributed by atoms with Crippen LogP contribution < -0.4 is 5.32 Å². The molecule has 0 saturated carbocycles. The zero-order valence-electron chi connectivity index (χ0n) is 12.6. The highest BCUT2D eigenvalue weighted by Gasteiger charge is 2.11. The maximum Gasteiger partial charge on any atom is 0.132 e. The average Bonchev–Trinajstić information content (AvgIpc) is 2.49. The van der Waals surface area contributed by atoms with Crippen LogP contribution in [0.3, 0.4) is 0 Å². The van der Waals surface area contributed by atoms with E-state index in [9.17, 15) is 0 Å². The molecule has 1 aromatic carbocycles. The van der Waals surface area contributed by atoms with Crippen molar-refractivity contribution < 1.29 is 0 Å². The molecule has 3 heteroatoms. The predicted molar refractivity (Wildman–Crippen MR) is 85.0 cm³/mol. The molecule has 1 N–H and O–H groups in total. The molecule has 0 saturated heterocycles. The third kappa shape index (κ3) is 3.16. The van der Waals surface area contributed by atoms with E-state index in [4.69, 9.17) is 0 Å². The van der Waals surface area contributed by atoms with E-state index in [1.165, 1.54) is 23.1 Å². The highest BCUT2D eigenvalue weighted by molar-refractivity contribution is 5.68. The zero-order valence-corrected chi connectivity index (χ0v) is 12.6. The Kier molecular flexibility index (Phi) is 5.10. The summed E-state index contributed by atoms with van der Waals surface area (Å²) >= 11 is 0. The van der Waals surface area contributed by atoms with Crippen molar-refractivity contribution in [2.45, 2.75) is 39.5 Å². The molecule has 2 aromatic rings. The Labute approximate surface area is 121 Å². The van der Waals surface area contributed by atoms with E-state index in [-0.39, 0.29) is 0 Å². The fraction of sp³-hybridized carbons (Fsp3) is 0.412. The largest absolute Gasteiger partial charge is 0.373 e. The first kappa shape index (κ1) is 14.5. The molecular weight excluding hydrogens is 246 g/mol. The first-order chi connectivity index (χ1) is 9.80. The van der Waals surface area contributed by atoms with Crippen LogP contribution >= 0.6 is 0 Å². The molecule has 3 nitrogen and oxygen atoms in total. The number of hydrogen-bond donors (Lipinski definition) is 1. The molecule has 0 fully saturated rings. The van der Waals surface area contributed by atoms with Crippen molar-refractivity contribution in [1.29, 1.82) is 0 Å². The van der Waals surface area contributed by atoms with Gasteiger partial charge in [0.05, 0.1) is 5.69 Å². The summed E-state index contributed by atoms with van der Waals surface area (Å²) < 4.78 is 0. The summed E-state index contributed by atoms with van der Waals surface area (Å²) in [6, 6.07) is 8.75. The maximum absolute atomic E-state index is 4.50. The van der Waals surface area contributed by atoms with Crippen LogP contribution in [0.25, 0.3) is 11.3 Å². The Morgan fingerprint density at radius 3 is 2.25 bits per heavy atom. The minimum absolute atomic E-state index is 0.939. The molecule has 20 heavy (non-hydrogen) atoms. The van der Waals surface area contributed by atoms with Gasteiger partial charge in [-0.15, -0.1) is 0 Å². The number of aromatic nitrogens is 2. The van der Waals surface area contributed by atoms with Crippen LogP contribution in [0.4, 0.5) is 5.82 Å². The second-order valence-corrected chi connectivity index (χ2v) is 5.00. The van der Waals surface area contributed by atoms with Crippen molar-refractivity contribution in [2.75, 3.05) is 12.4 Å². The Balaban J connectivity index is 2.40. The molecule has 0 unspecified atom stereocenters. The highest BCUT2D eigenvalue weighted by atomic mass is 15.0. The SMILES string of the molecule is CCCc1ccc(-c2ncnc(NC)c2CCC)cc1. The van der Waals surface area contributed by atoms with E-state index < -0.39 is 0 Å². The maximum atomic E-state index is 4.50. The number of nitrogens with zero attached hydrogens (tertiary/aromatic N) is 2. The molecule has 1 aromatic heterocycles. The van der Waals surface area contributed by atoms with Crippen molar-refractivity contribution in [3.8, 4) is 11.3 Å². The number of aryl methyl sites for hydroxylation is 1. The van der Waals surface area contributed by atoms with E-state index in [0.29, 0.717) is 0 Å². The summed E-state index contributed by atoms with van der Waals surface area (Å²) in [5.41, 5.74) is 4.82. The lowest BCUT2D eigenvalue weighted by atomic mass is 10.0. The van der Waals surface area contributed by atoms with Crippen molar-refractivity contribution in [1.82, 2.24) is 9.97 Å². The van der Waals surface area contributed by atoms with E-state index >= 15 is 0 Å². The number of hydrogen-bond acceptors (Lipinski definition) is 3. The molecule has 2 rings (SSSR count). The third-order valence-electron chi connectivity index (χ3n) is 3.45. The van der Waals surface area contributed by atoms with E-state index in [2.05, 4.69) is 53.4 Å². The van der Waals surface area contributed by atoms with Gasteiger partial charge >= 0.3 is 0 Å². The molecule has 0 amide bonds. The number of benzene rings is 1. The van der Waals surface area contributed by atoms with Gasteiger partial charge in [0.15, 0.2) is 0 Å². The predicted octanol–water partition coefficient (Wildman–Crippen LogP) is 4.09. The molecule has 0 radical (unpaired) electrons. The normalized spacial score (nSPS) is 10.6. The van der Waals surface area contributed by atoms with Crippen molar-refractivity contribution in [3.63, 3.8) is 0 Å². The van der Waals surface area contributed by atoms with Crippen LogP contribution in [-0.2, 0) is 12.8 Å². The minimum atomic E-state index is 0.939. The summed E-state index contributed by atoms with van der Waals surface area (Å²) in [5.74, 6) is 0.939. The van der Waals surface area contributed by atoms with Gasteiger partial charge in [-0.3, -0.25) is 0 Å². The monoisotopic (exact) mass is 269 g/mol. The fourth-order valence-electron chi connectivity index (χ4n) is 2.48. The summed E-state index contributed by atoms with van der Waals surface area (Å²) in [6.07, 6.45) is 6.03. The van der Waals surface area contributed by atoms with E-state index in [0.717, 1.165) is 30.8 Å². The second-order valence-electron chi connectivity index (χ2n) is 5.00. The van der Waals surface area contributed by atoms with Crippen molar-refractivity contribution in [3.05, 3.63) is 41.7 Å². The molecule has 0 aliphatic carbocycles.